The maximum absolute atomic E-state index is 12.6. The predicted molar refractivity (Wildman–Crippen MR) is 121 cm³/mol. The first-order valence-corrected chi connectivity index (χ1v) is 12.6. The molecule has 0 bridgehead atoms. The van der Waals surface area contributed by atoms with Crippen LogP contribution in [0, 0.1) is 11.8 Å². The number of benzene rings is 1. The molecule has 3 heterocycles. The Morgan fingerprint density at radius 1 is 1.06 bits per heavy atom. The molecule has 1 aromatic heterocycles. The van der Waals surface area contributed by atoms with E-state index in [-0.39, 0.29) is 5.60 Å². The Bertz CT molecular complexity index is 907. The summed E-state index contributed by atoms with van der Waals surface area (Å²) in [6, 6.07) is 14.2. The second-order valence-corrected chi connectivity index (χ2v) is 11.3. The fraction of sp³-hybridized carbons (Fsp3) is 0.583. The van der Waals surface area contributed by atoms with Gasteiger partial charge < -0.3 is 10.1 Å². The fourth-order valence-electron chi connectivity index (χ4n) is 5.63. The first kappa shape index (κ1) is 21.0. The van der Waals surface area contributed by atoms with Crippen molar-refractivity contribution in [3.8, 4) is 0 Å². The van der Waals surface area contributed by atoms with Crippen LogP contribution in [0.3, 0.4) is 0 Å². The van der Waals surface area contributed by atoms with E-state index in [4.69, 9.17) is 4.74 Å². The zero-order chi connectivity index (χ0) is 21.4. The summed E-state index contributed by atoms with van der Waals surface area (Å²) < 4.78 is 18.5. The summed E-state index contributed by atoms with van der Waals surface area (Å²) in [5, 5.41) is 12.6. The number of fused-ring (bicyclic) bond motifs is 1. The SMILES string of the molecule is CC1(C)CC(N2C[C@H]3CC(Nc4ccc(S(=O)c5ccccc5)nn4)C[C@H]3C2)CCO1. The molecule has 2 aromatic rings. The number of nitrogens with zero attached hydrogens (tertiary/aromatic N) is 3. The smallest absolute Gasteiger partial charge is 0.155 e. The molecule has 0 radical (unpaired) electrons. The van der Waals surface area contributed by atoms with E-state index in [9.17, 15) is 4.21 Å². The number of likely N-dealkylation sites (tertiary alicyclic amines) is 1. The summed E-state index contributed by atoms with van der Waals surface area (Å²) in [7, 11) is -1.29. The summed E-state index contributed by atoms with van der Waals surface area (Å²) in [5.41, 5.74) is 0.0136. The number of rotatable bonds is 5. The van der Waals surface area contributed by atoms with Crippen molar-refractivity contribution in [1.82, 2.24) is 15.1 Å². The van der Waals surface area contributed by atoms with Gasteiger partial charge in [0.25, 0.3) is 0 Å². The second-order valence-electron chi connectivity index (χ2n) is 9.88. The number of hydrogen-bond acceptors (Lipinski definition) is 6. The molecule has 3 aliphatic rings. The lowest BCUT2D eigenvalue weighted by Gasteiger charge is -2.40. The van der Waals surface area contributed by atoms with Gasteiger partial charge in [-0.15, -0.1) is 10.2 Å². The van der Waals surface area contributed by atoms with E-state index >= 15 is 0 Å². The van der Waals surface area contributed by atoms with Gasteiger partial charge in [0.05, 0.1) is 5.60 Å². The molecule has 6 nitrogen and oxygen atoms in total. The third-order valence-corrected chi connectivity index (χ3v) is 8.40. The number of anilines is 1. The topological polar surface area (TPSA) is 67.4 Å². The van der Waals surface area contributed by atoms with Crippen LogP contribution in [0.4, 0.5) is 5.82 Å². The van der Waals surface area contributed by atoms with E-state index < -0.39 is 10.8 Å². The van der Waals surface area contributed by atoms with Gasteiger partial charge in [0.1, 0.15) is 16.6 Å². The van der Waals surface area contributed by atoms with Crippen molar-refractivity contribution in [3.05, 3.63) is 42.5 Å². The Morgan fingerprint density at radius 2 is 1.81 bits per heavy atom. The quantitative estimate of drug-likeness (QED) is 0.764. The summed E-state index contributed by atoms with van der Waals surface area (Å²) in [5.74, 6) is 2.31. The van der Waals surface area contributed by atoms with Crippen molar-refractivity contribution in [2.45, 2.75) is 67.1 Å². The largest absolute Gasteiger partial charge is 0.375 e. The van der Waals surface area contributed by atoms with Crippen LogP contribution in [-0.4, -0.2) is 56.7 Å². The van der Waals surface area contributed by atoms with Crippen molar-refractivity contribution in [2.24, 2.45) is 11.8 Å². The van der Waals surface area contributed by atoms with Gasteiger partial charge in [-0.25, -0.2) is 4.21 Å². The third-order valence-electron chi connectivity index (χ3n) is 7.11. The predicted octanol–water partition coefficient (Wildman–Crippen LogP) is 3.72. The van der Waals surface area contributed by atoms with Crippen LogP contribution in [-0.2, 0) is 15.5 Å². The second kappa shape index (κ2) is 8.60. The van der Waals surface area contributed by atoms with Crippen LogP contribution in [0.15, 0.2) is 52.4 Å². The molecule has 1 saturated carbocycles. The lowest BCUT2D eigenvalue weighted by molar-refractivity contribution is -0.0811. The van der Waals surface area contributed by atoms with Crippen molar-refractivity contribution < 1.29 is 8.95 Å². The molecular weight excluding hydrogens is 408 g/mol. The molecule has 3 fully saturated rings. The molecule has 31 heavy (non-hydrogen) atoms. The lowest BCUT2D eigenvalue weighted by Crippen LogP contribution is -2.45. The maximum atomic E-state index is 12.6. The first-order valence-electron chi connectivity index (χ1n) is 11.4. The molecule has 3 unspecified atom stereocenters. The molecule has 5 rings (SSSR count). The van der Waals surface area contributed by atoms with E-state index in [2.05, 4.69) is 34.3 Å². The Morgan fingerprint density at radius 3 is 2.45 bits per heavy atom. The van der Waals surface area contributed by atoms with Crippen molar-refractivity contribution in [1.29, 1.82) is 0 Å². The third kappa shape index (κ3) is 4.69. The normalized spacial score (nSPS) is 31.3. The van der Waals surface area contributed by atoms with Gasteiger partial charge in [0, 0.05) is 36.7 Å². The molecule has 1 N–H and O–H groups in total. The fourth-order valence-corrected chi connectivity index (χ4v) is 6.59. The van der Waals surface area contributed by atoms with Gasteiger partial charge in [-0.3, -0.25) is 4.90 Å². The van der Waals surface area contributed by atoms with E-state index in [0.29, 0.717) is 17.1 Å². The molecule has 5 atom stereocenters. The van der Waals surface area contributed by atoms with Crippen molar-refractivity contribution in [2.75, 3.05) is 25.0 Å². The molecule has 2 aliphatic heterocycles. The van der Waals surface area contributed by atoms with Gasteiger partial charge >= 0.3 is 0 Å². The van der Waals surface area contributed by atoms with Gasteiger partial charge in [-0.1, -0.05) is 18.2 Å². The summed E-state index contributed by atoms with van der Waals surface area (Å²) in [6.45, 7) is 7.75. The molecule has 0 amide bonds. The number of nitrogens with one attached hydrogen (secondary N) is 1. The lowest BCUT2D eigenvalue weighted by atomic mass is 9.93. The van der Waals surface area contributed by atoms with Crippen LogP contribution >= 0.6 is 0 Å². The molecule has 1 aliphatic carbocycles. The molecule has 2 saturated heterocycles. The minimum atomic E-state index is -1.29. The minimum absolute atomic E-state index is 0.0136. The molecule has 166 valence electrons. The maximum Gasteiger partial charge on any atom is 0.155 e. The van der Waals surface area contributed by atoms with E-state index in [1.807, 2.05) is 42.5 Å². The average Bonchev–Trinajstić information content (AvgIpc) is 3.32. The highest BCUT2D eigenvalue weighted by atomic mass is 32.2. The van der Waals surface area contributed by atoms with E-state index in [0.717, 1.165) is 42.0 Å². The highest BCUT2D eigenvalue weighted by Gasteiger charge is 2.44. The van der Waals surface area contributed by atoms with Crippen LogP contribution in [0.1, 0.15) is 39.5 Å². The summed E-state index contributed by atoms with van der Waals surface area (Å²) in [6.07, 6.45) is 4.68. The number of hydrogen-bond donors (Lipinski definition) is 1. The number of ether oxygens (including phenoxy) is 1. The molecular formula is C24H32N4O2S. The first-order chi connectivity index (χ1) is 15.0. The standard InChI is InChI=1S/C24H32N4O2S/c1-24(2)14-20(10-11-30-24)28-15-17-12-19(13-18(17)16-28)25-22-8-9-23(27-26-22)31(29)21-6-4-3-5-7-21/h3-9,17-20H,10-16H2,1-2H3,(H,25,26)/t17-,18+,19?,20?,31?. The zero-order valence-corrected chi connectivity index (χ0v) is 19.2. The molecule has 1 aromatic carbocycles. The van der Waals surface area contributed by atoms with Crippen LogP contribution in [0.5, 0.6) is 0 Å². The van der Waals surface area contributed by atoms with Crippen LogP contribution in [0.25, 0.3) is 0 Å². The van der Waals surface area contributed by atoms with Gasteiger partial charge in [-0.05, 0) is 75.6 Å². The Hall–Kier alpha value is -1.83. The van der Waals surface area contributed by atoms with Crippen LogP contribution in [0.2, 0.25) is 0 Å². The minimum Gasteiger partial charge on any atom is -0.375 e. The average molecular weight is 441 g/mol. The monoisotopic (exact) mass is 440 g/mol. The highest BCUT2D eigenvalue weighted by Crippen LogP contribution is 2.41. The Labute approximate surface area is 187 Å². The summed E-state index contributed by atoms with van der Waals surface area (Å²) in [4.78, 5) is 3.47. The van der Waals surface area contributed by atoms with Gasteiger partial charge in [0.15, 0.2) is 5.03 Å². The van der Waals surface area contributed by atoms with Crippen LogP contribution < -0.4 is 5.32 Å². The number of aromatic nitrogens is 2. The molecule has 0 spiro atoms. The zero-order valence-electron chi connectivity index (χ0n) is 18.4. The molecule has 7 heteroatoms. The van der Waals surface area contributed by atoms with Gasteiger partial charge in [0.2, 0.25) is 0 Å². The van der Waals surface area contributed by atoms with Gasteiger partial charge in [-0.2, -0.15) is 0 Å². The van der Waals surface area contributed by atoms with Crippen molar-refractivity contribution >= 4 is 16.6 Å². The van der Waals surface area contributed by atoms with E-state index in [1.165, 1.54) is 25.9 Å². The van der Waals surface area contributed by atoms with Crippen molar-refractivity contribution in [3.63, 3.8) is 0 Å². The highest BCUT2D eigenvalue weighted by molar-refractivity contribution is 7.85. The Kier molecular flexibility index (Phi) is 5.84. The summed E-state index contributed by atoms with van der Waals surface area (Å²) >= 11 is 0. The Balaban J connectivity index is 1.14. The van der Waals surface area contributed by atoms with E-state index in [1.54, 1.807) is 0 Å².